The van der Waals surface area contributed by atoms with Crippen LogP contribution in [0.25, 0.3) is 0 Å². The zero-order valence-electron chi connectivity index (χ0n) is 8.76. The maximum atomic E-state index is 11.6. The Hall–Kier alpha value is -1.88. The average Bonchev–Trinajstić information content (AvgIpc) is 2.33. The first-order valence-corrected chi connectivity index (χ1v) is 5.68. The average molecular weight is 293 g/mol. The zero-order valence-corrected chi connectivity index (χ0v) is 10.3. The van der Waals surface area contributed by atoms with Gasteiger partial charge in [-0.05, 0) is 34.1 Å². The third-order valence-electron chi connectivity index (χ3n) is 1.96. The van der Waals surface area contributed by atoms with Crippen molar-refractivity contribution >= 4 is 27.7 Å². The minimum atomic E-state index is -0.539. The highest BCUT2D eigenvalue weighted by Gasteiger charge is 2.06. The van der Waals surface area contributed by atoms with Gasteiger partial charge >= 0.3 is 6.09 Å². The standard InChI is InChI=1S/C12H9BrN2O2/c13-10-8-14-7-6-11(10)15-12(16)17-9-4-2-1-3-5-9/h1-8H,(H,14,15,16). The predicted molar refractivity (Wildman–Crippen MR) is 68.0 cm³/mol. The number of pyridine rings is 1. The van der Waals surface area contributed by atoms with Crippen molar-refractivity contribution in [2.75, 3.05) is 5.32 Å². The van der Waals surface area contributed by atoms with Crippen molar-refractivity contribution in [1.29, 1.82) is 0 Å². The third-order valence-corrected chi connectivity index (χ3v) is 2.59. The summed E-state index contributed by atoms with van der Waals surface area (Å²) in [6.45, 7) is 0. The maximum absolute atomic E-state index is 11.6. The molecule has 0 aliphatic heterocycles. The lowest BCUT2D eigenvalue weighted by Gasteiger charge is -2.07. The van der Waals surface area contributed by atoms with Gasteiger partial charge in [-0.25, -0.2) is 4.79 Å². The van der Waals surface area contributed by atoms with Crippen LogP contribution in [0, 0.1) is 0 Å². The molecule has 0 atom stereocenters. The van der Waals surface area contributed by atoms with Gasteiger partial charge in [-0.1, -0.05) is 18.2 Å². The maximum Gasteiger partial charge on any atom is 0.417 e. The highest BCUT2D eigenvalue weighted by Crippen LogP contribution is 2.20. The van der Waals surface area contributed by atoms with Gasteiger partial charge in [0.05, 0.1) is 10.2 Å². The van der Waals surface area contributed by atoms with Crippen LogP contribution in [0.4, 0.5) is 10.5 Å². The highest BCUT2D eigenvalue weighted by molar-refractivity contribution is 9.10. The molecule has 0 radical (unpaired) electrons. The number of benzene rings is 1. The van der Waals surface area contributed by atoms with Crippen LogP contribution in [0.2, 0.25) is 0 Å². The first kappa shape index (κ1) is 11.6. The summed E-state index contributed by atoms with van der Waals surface area (Å²) in [6.07, 6.45) is 2.64. The molecule has 1 aromatic carbocycles. The van der Waals surface area contributed by atoms with Crippen LogP contribution in [-0.4, -0.2) is 11.1 Å². The van der Waals surface area contributed by atoms with E-state index in [1.54, 1.807) is 42.7 Å². The number of rotatable bonds is 2. The van der Waals surface area contributed by atoms with E-state index in [4.69, 9.17) is 4.74 Å². The normalized spacial score (nSPS) is 9.71. The SMILES string of the molecule is O=C(Nc1ccncc1Br)Oc1ccccc1. The summed E-state index contributed by atoms with van der Waals surface area (Å²) in [7, 11) is 0. The van der Waals surface area contributed by atoms with Gasteiger partial charge in [-0.3, -0.25) is 10.3 Å². The third kappa shape index (κ3) is 3.29. The summed E-state index contributed by atoms with van der Waals surface area (Å²) >= 11 is 3.28. The molecule has 0 saturated heterocycles. The van der Waals surface area contributed by atoms with Crippen LogP contribution in [0.1, 0.15) is 0 Å². The van der Waals surface area contributed by atoms with E-state index < -0.39 is 6.09 Å². The predicted octanol–water partition coefficient (Wildman–Crippen LogP) is 3.46. The molecule has 2 rings (SSSR count). The van der Waals surface area contributed by atoms with Crippen LogP contribution >= 0.6 is 15.9 Å². The number of carbonyl (C=O) groups excluding carboxylic acids is 1. The molecule has 0 spiro atoms. The lowest BCUT2D eigenvalue weighted by Crippen LogP contribution is -2.16. The second kappa shape index (κ2) is 5.45. The molecule has 2 aromatic rings. The van der Waals surface area contributed by atoms with Crippen LogP contribution in [0.3, 0.4) is 0 Å². The van der Waals surface area contributed by atoms with Gasteiger partial charge in [-0.2, -0.15) is 0 Å². The Morgan fingerprint density at radius 3 is 2.71 bits per heavy atom. The first-order chi connectivity index (χ1) is 8.25. The van der Waals surface area contributed by atoms with Crippen molar-refractivity contribution < 1.29 is 9.53 Å². The zero-order chi connectivity index (χ0) is 12.1. The molecule has 4 nitrogen and oxygen atoms in total. The Morgan fingerprint density at radius 1 is 1.24 bits per heavy atom. The highest BCUT2D eigenvalue weighted by atomic mass is 79.9. The van der Waals surface area contributed by atoms with Crippen molar-refractivity contribution in [2.24, 2.45) is 0 Å². The molecule has 0 aliphatic rings. The fraction of sp³-hybridized carbons (Fsp3) is 0. The van der Waals surface area contributed by atoms with E-state index in [1.165, 1.54) is 0 Å². The Morgan fingerprint density at radius 2 is 2.00 bits per heavy atom. The number of hydrogen-bond donors (Lipinski definition) is 1. The summed E-state index contributed by atoms with van der Waals surface area (Å²) in [5.74, 6) is 0.496. The molecule has 5 heteroatoms. The molecule has 0 fully saturated rings. The Labute approximate surface area is 107 Å². The molecule has 1 aromatic heterocycles. The molecule has 0 unspecified atom stereocenters. The number of nitrogens with zero attached hydrogens (tertiary/aromatic N) is 1. The number of anilines is 1. The summed E-state index contributed by atoms with van der Waals surface area (Å²) in [5, 5.41) is 2.61. The Bertz CT molecular complexity index is 517. The van der Waals surface area contributed by atoms with Crippen LogP contribution in [-0.2, 0) is 0 Å². The number of ether oxygens (including phenoxy) is 1. The van der Waals surface area contributed by atoms with E-state index >= 15 is 0 Å². The van der Waals surface area contributed by atoms with Gasteiger partial charge in [0.2, 0.25) is 0 Å². The van der Waals surface area contributed by atoms with Gasteiger partial charge in [0.25, 0.3) is 0 Å². The van der Waals surface area contributed by atoms with Gasteiger partial charge in [0.15, 0.2) is 0 Å². The topological polar surface area (TPSA) is 51.2 Å². The molecule has 1 heterocycles. The van der Waals surface area contributed by atoms with Gasteiger partial charge in [0, 0.05) is 12.4 Å². The quantitative estimate of drug-likeness (QED) is 0.922. The monoisotopic (exact) mass is 292 g/mol. The van der Waals surface area contributed by atoms with Crippen LogP contribution < -0.4 is 10.1 Å². The van der Waals surface area contributed by atoms with E-state index in [9.17, 15) is 4.79 Å². The van der Waals surface area contributed by atoms with E-state index in [1.807, 2.05) is 6.07 Å². The van der Waals surface area contributed by atoms with Crippen molar-refractivity contribution in [3.63, 3.8) is 0 Å². The van der Waals surface area contributed by atoms with Crippen LogP contribution in [0.15, 0.2) is 53.3 Å². The van der Waals surface area contributed by atoms with E-state index in [-0.39, 0.29) is 0 Å². The Kier molecular flexibility index (Phi) is 3.72. The van der Waals surface area contributed by atoms with Crippen molar-refractivity contribution in [1.82, 2.24) is 4.98 Å². The summed E-state index contributed by atoms with van der Waals surface area (Å²) in [4.78, 5) is 15.5. The first-order valence-electron chi connectivity index (χ1n) is 4.89. The number of para-hydroxylation sites is 1. The van der Waals surface area contributed by atoms with Crippen molar-refractivity contribution in [2.45, 2.75) is 0 Å². The summed E-state index contributed by atoms with van der Waals surface area (Å²) < 4.78 is 5.78. The lowest BCUT2D eigenvalue weighted by molar-refractivity contribution is 0.215. The number of carbonyl (C=O) groups is 1. The smallest absolute Gasteiger partial charge is 0.410 e. The molecule has 1 amide bonds. The van der Waals surface area contributed by atoms with Gasteiger partial charge in [-0.15, -0.1) is 0 Å². The van der Waals surface area contributed by atoms with Crippen molar-refractivity contribution in [3.05, 3.63) is 53.3 Å². The molecule has 0 saturated carbocycles. The molecule has 0 aliphatic carbocycles. The second-order valence-corrected chi connectivity index (χ2v) is 4.04. The number of amides is 1. The lowest BCUT2D eigenvalue weighted by atomic mass is 10.3. The summed E-state index contributed by atoms with van der Waals surface area (Å²) in [5.41, 5.74) is 0.612. The minimum absolute atomic E-state index is 0.496. The minimum Gasteiger partial charge on any atom is -0.410 e. The Balaban J connectivity index is 2.01. The van der Waals surface area contributed by atoms with Gasteiger partial charge < -0.3 is 4.74 Å². The number of aromatic nitrogens is 1. The molecular formula is C12H9BrN2O2. The molecule has 0 bridgehead atoms. The van der Waals surface area contributed by atoms with E-state index in [0.717, 1.165) is 0 Å². The van der Waals surface area contributed by atoms with Crippen molar-refractivity contribution in [3.8, 4) is 5.75 Å². The van der Waals surface area contributed by atoms with Gasteiger partial charge in [0.1, 0.15) is 5.75 Å². The second-order valence-electron chi connectivity index (χ2n) is 3.18. The van der Waals surface area contributed by atoms with Crippen LogP contribution in [0.5, 0.6) is 5.75 Å². The number of halogens is 1. The van der Waals surface area contributed by atoms with E-state index in [0.29, 0.717) is 15.9 Å². The number of hydrogen-bond acceptors (Lipinski definition) is 3. The molecule has 17 heavy (non-hydrogen) atoms. The fourth-order valence-corrected chi connectivity index (χ4v) is 1.56. The largest absolute Gasteiger partial charge is 0.417 e. The summed E-state index contributed by atoms with van der Waals surface area (Å²) in [6, 6.07) is 10.5. The number of nitrogens with one attached hydrogen (secondary N) is 1. The molecule has 86 valence electrons. The fourth-order valence-electron chi connectivity index (χ4n) is 1.21. The van der Waals surface area contributed by atoms with E-state index in [2.05, 4.69) is 26.2 Å². The molecule has 1 N–H and O–H groups in total. The molecular weight excluding hydrogens is 284 g/mol.